The molecule has 0 aliphatic rings. The van der Waals surface area contributed by atoms with Gasteiger partial charge in [0, 0.05) is 18.6 Å². The molecule has 0 spiro atoms. The molecule has 84 valence electrons. The molecule has 14 heavy (non-hydrogen) atoms. The average molecular weight is 217 g/mol. The largest absolute Gasteiger partial charge is 0.393 e. The van der Waals surface area contributed by atoms with Crippen molar-refractivity contribution in [1.82, 2.24) is 0 Å². The van der Waals surface area contributed by atoms with Gasteiger partial charge in [0.05, 0.1) is 4.99 Å². The lowest BCUT2D eigenvalue weighted by Gasteiger charge is -2.22. The molecule has 0 saturated carbocycles. The molecule has 2 nitrogen and oxygen atoms in total. The van der Waals surface area contributed by atoms with Gasteiger partial charge in [0.15, 0.2) is 0 Å². The van der Waals surface area contributed by atoms with Gasteiger partial charge in [-0.05, 0) is 12.8 Å². The van der Waals surface area contributed by atoms with E-state index in [2.05, 4.69) is 20.8 Å². The Morgan fingerprint density at radius 1 is 1.29 bits per heavy atom. The van der Waals surface area contributed by atoms with Crippen LogP contribution in [-0.4, -0.2) is 18.2 Å². The second kappa shape index (κ2) is 7.18. The summed E-state index contributed by atoms with van der Waals surface area (Å²) in [6, 6.07) is 0. The van der Waals surface area contributed by atoms with E-state index in [1.165, 1.54) is 12.8 Å². The fraction of sp³-hybridized carbons (Fsp3) is 0.909. The highest BCUT2D eigenvalue weighted by molar-refractivity contribution is 7.80. The van der Waals surface area contributed by atoms with Crippen LogP contribution < -0.4 is 5.73 Å². The van der Waals surface area contributed by atoms with Crippen molar-refractivity contribution in [2.45, 2.75) is 46.5 Å². The summed E-state index contributed by atoms with van der Waals surface area (Å²) in [6.45, 7) is 7.93. The molecule has 0 atom stereocenters. The molecular weight excluding hydrogens is 194 g/mol. The third kappa shape index (κ3) is 6.33. The number of unbranched alkanes of at least 4 members (excludes halogenated alkanes) is 2. The predicted molar refractivity (Wildman–Crippen MR) is 65.5 cm³/mol. The summed E-state index contributed by atoms with van der Waals surface area (Å²) in [5, 5.41) is 0. The second-order valence-electron chi connectivity index (χ2n) is 4.32. The highest BCUT2D eigenvalue weighted by Crippen LogP contribution is 2.20. The summed E-state index contributed by atoms with van der Waals surface area (Å²) < 4.78 is 5.51. The quantitative estimate of drug-likeness (QED) is 0.501. The number of thiocarbonyl (C=S) groups is 1. The van der Waals surface area contributed by atoms with Crippen LogP contribution >= 0.6 is 12.2 Å². The lowest BCUT2D eigenvalue weighted by Crippen LogP contribution is -2.30. The highest BCUT2D eigenvalue weighted by Gasteiger charge is 2.20. The summed E-state index contributed by atoms with van der Waals surface area (Å²) in [5.41, 5.74) is 5.54. The normalized spacial score (nSPS) is 11.6. The summed E-state index contributed by atoms with van der Waals surface area (Å²) in [5.74, 6) is 0. The molecule has 0 amide bonds. The molecule has 0 aromatic heterocycles. The molecule has 2 N–H and O–H groups in total. The van der Waals surface area contributed by atoms with E-state index in [9.17, 15) is 0 Å². The van der Waals surface area contributed by atoms with Gasteiger partial charge in [-0.25, -0.2) is 0 Å². The van der Waals surface area contributed by atoms with Crippen molar-refractivity contribution in [3.63, 3.8) is 0 Å². The minimum Gasteiger partial charge on any atom is -0.393 e. The molecule has 0 aromatic carbocycles. The van der Waals surface area contributed by atoms with E-state index >= 15 is 0 Å². The molecule has 0 unspecified atom stereocenters. The summed E-state index contributed by atoms with van der Waals surface area (Å²) >= 11 is 4.97. The molecule has 0 aliphatic heterocycles. The van der Waals surface area contributed by atoms with E-state index in [1.54, 1.807) is 0 Å². The summed E-state index contributed by atoms with van der Waals surface area (Å²) in [6.07, 6.45) is 4.55. The van der Waals surface area contributed by atoms with Crippen LogP contribution in [0.4, 0.5) is 0 Å². The number of hydrogen-bond acceptors (Lipinski definition) is 2. The Morgan fingerprint density at radius 3 is 2.43 bits per heavy atom. The minimum absolute atomic E-state index is 0.0694. The average Bonchev–Trinajstić information content (AvgIpc) is 2.10. The predicted octanol–water partition coefficient (Wildman–Crippen LogP) is 2.90. The van der Waals surface area contributed by atoms with Crippen molar-refractivity contribution < 1.29 is 4.74 Å². The third-order valence-electron chi connectivity index (χ3n) is 2.43. The molecule has 0 radical (unpaired) electrons. The van der Waals surface area contributed by atoms with Gasteiger partial charge in [-0.2, -0.15) is 0 Å². The van der Waals surface area contributed by atoms with E-state index in [0.717, 1.165) is 26.1 Å². The van der Waals surface area contributed by atoms with Gasteiger partial charge in [0.25, 0.3) is 0 Å². The van der Waals surface area contributed by atoms with Crippen LogP contribution in [0, 0.1) is 5.41 Å². The van der Waals surface area contributed by atoms with E-state index in [-0.39, 0.29) is 5.41 Å². The van der Waals surface area contributed by atoms with E-state index in [4.69, 9.17) is 22.7 Å². The summed E-state index contributed by atoms with van der Waals surface area (Å²) in [7, 11) is 0. The topological polar surface area (TPSA) is 35.2 Å². The van der Waals surface area contributed by atoms with Crippen LogP contribution in [0.15, 0.2) is 0 Å². The number of hydrogen-bond donors (Lipinski definition) is 1. The van der Waals surface area contributed by atoms with Crippen molar-refractivity contribution in [2.24, 2.45) is 11.1 Å². The standard InChI is InChI=1S/C11H23NOS/c1-4-5-6-8-13-9-7-11(2,3)10(12)14/h4-9H2,1-3H3,(H2,12,14). The lowest BCUT2D eigenvalue weighted by atomic mass is 9.90. The molecule has 0 bridgehead atoms. The Kier molecular flexibility index (Phi) is 7.11. The highest BCUT2D eigenvalue weighted by atomic mass is 32.1. The van der Waals surface area contributed by atoms with Crippen LogP contribution in [0.1, 0.15) is 46.5 Å². The van der Waals surface area contributed by atoms with Gasteiger partial charge < -0.3 is 10.5 Å². The zero-order chi connectivity index (χ0) is 11.0. The molecule has 0 heterocycles. The van der Waals surface area contributed by atoms with Crippen LogP contribution in [-0.2, 0) is 4.74 Å². The molecule has 0 aliphatic carbocycles. The maximum absolute atomic E-state index is 5.61. The zero-order valence-corrected chi connectivity index (χ0v) is 10.5. The molecule has 0 aromatic rings. The fourth-order valence-corrected chi connectivity index (χ4v) is 1.11. The van der Waals surface area contributed by atoms with Crippen LogP contribution in [0.2, 0.25) is 0 Å². The third-order valence-corrected chi connectivity index (χ3v) is 2.98. The fourth-order valence-electron chi connectivity index (χ4n) is 1.01. The monoisotopic (exact) mass is 217 g/mol. The molecule has 0 rings (SSSR count). The smallest absolute Gasteiger partial charge is 0.0785 e. The van der Waals surface area contributed by atoms with Crippen molar-refractivity contribution >= 4 is 17.2 Å². The Labute approximate surface area is 93.2 Å². The zero-order valence-electron chi connectivity index (χ0n) is 9.64. The number of nitrogens with two attached hydrogens (primary N) is 1. The van der Waals surface area contributed by atoms with Crippen LogP contribution in [0.3, 0.4) is 0 Å². The van der Waals surface area contributed by atoms with E-state index in [1.807, 2.05) is 0 Å². The molecule has 0 saturated heterocycles. The summed E-state index contributed by atoms with van der Waals surface area (Å²) in [4.78, 5) is 0.578. The Bertz CT molecular complexity index is 169. The van der Waals surface area contributed by atoms with Gasteiger partial charge in [-0.1, -0.05) is 45.8 Å². The van der Waals surface area contributed by atoms with E-state index in [0.29, 0.717) is 4.99 Å². The molecular formula is C11H23NOS. The Morgan fingerprint density at radius 2 is 1.93 bits per heavy atom. The number of ether oxygens (including phenoxy) is 1. The van der Waals surface area contributed by atoms with Crippen molar-refractivity contribution in [1.29, 1.82) is 0 Å². The van der Waals surface area contributed by atoms with Crippen molar-refractivity contribution in [3.8, 4) is 0 Å². The maximum atomic E-state index is 5.61. The van der Waals surface area contributed by atoms with Gasteiger partial charge in [0.2, 0.25) is 0 Å². The number of rotatable bonds is 8. The first-order chi connectivity index (χ1) is 6.50. The minimum atomic E-state index is -0.0694. The lowest BCUT2D eigenvalue weighted by molar-refractivity contribution is 0.113. The van der Waals surface area contributed by atoms with Crippen molar-refractivity contribution in [2.75, 3.05) is 13.2 Å². The Hall–Kier alpha value is -0.150. The van der Waals surface area contributed by atoms with Crippen molar-refractivity contribution in [3.05, 3.63) is 0 Å². The van der Waals surface area contributed by atoms with Gasteiger partial charge >= 0.3 is 0 Å². The van der Waals surface area contributed by atoms with Gasteiger partial charge in [-0.15, -0.1) is 0 Å². The maximum Gasteiger partial charge on any atom is 0.0785 e. The van der Waals surface area contributed by atoms with Gasteiger partial charge in [0.1, 0.15) is 0 Å². The van der Waals surface area contributed by atoms with Crippen LogP contribution in [0.5, 0.6) is 0 Å². The first-order valence-electron chi connectivity index (χ1n) is 5.38. The van der Waals surface area contributed by atoms with Crippen LogP contribution in [0.25, 0.3) is 0 Å². The van der Waals surface area contributed by atoms with Gasteiger partial charge in [-0.3, -0.25) is 0 Å². The first kappa shape index (κ1) is 13.8. The van der Waals surface area contributed by atoms with E-state index < -0.39 is 0 Å². The Balaban J connectivity index is 3.40. The first-order valence-corrected chi connectivity index (χ1v) is 5.79. The molecule has 3 heteroatoms. The second-order valence-corrected chi connectivity index (χ2v) is 4.76. The molecule has 0 fully saturated rings. The SMILES string of the molecule is CCCCCOCCC(C)(C)C(N)=S.